The molecule has 0 aliphatic rings. The van der Waals surface area contributed by atoms with Crippen molar-refractivity contribution in [1.29, 1.82) is 0 Å². The van der Waals surface area contributed by atoms with Gasteiger partial charge in [-0.1, -0.05) is 29.8 Å². The molecule has 78 valence electrons. The molecule has 1 atom stereocenters. The molecule has 0 bridgehead atoms. The molecule has 0 heterocycles. The van der Waals surface area contributed by atoms with Crippen LogP contribution in [0.15, 0.2) is 24.3 Å². The maximum atomic E-state index is 10.1. The Kier molecular flexibility index (Phi) is 3.67. The van der Waals surface area contributed by atoms with Crippen LogP contribution in [0.25, 0.3) is 0 Å². The molecule has 0 aromatic heterocycles. The molecule has 2 nitrogen and oxygen atoms in total. The average Bonchev–Trinajstić information content (AvgIpc) is 2.16. The summed E-state index contributed by atoms with van der Waals surface area (Å²) in [5.41, 5.74) is 1.36. The molecule has 0 aliphatic heterocycles. The molecule has 2 heteroatoms. The van der Waals surface area contributed by atoms with Crippen molar-refractivity contribution in [3.05, 3.63) is 35.4 Å². The van der Waals surface area contributed by atoms with E-state index in [-0.39, 0.29) is 0 Å². The molecule has 1 aromatic carbocycles. The van der Waals surface area contributed by atoms with E-state index in [0.717, 1.165) is 5.56 Å². The molecule has 0 saturated heterocycles. The normalized spacial score (nSPS) is 15.1. The lowest BCUT2D eigenvalue weighted by atomic mass is 9.92. The summed E-state index contributed by atoms with van der Waals surface area (Å²) in [5, 5.41) is 10.1. The van der Waals surface area contributed by atoms with E-state index in [1.807, 2.05) is 38.1 Å². The molecular formula is C12H18O2. The van der Waals surface area contributed by atoms with E-state index >= 15 is 0 Å². The van der Waals surface area contributed by atoms with Gasteiger partial charge in [-0.3, -0.25) is 0 Å². The summed E-state index contributed by atoms with van der Waals surface area (Å²) in [6, 6.07) is 7.95. The molecule has 0 radical (unpaired) electrons. The first-order valence-corrected chi connectivity index (χ1v) is 4.85. The predicted molar refractivity (Wildman–Crippen MR) is 57.2 cm³/mol. The van der Waals surface area contributed by atoms with Gasteiger partial charge in [-0.25, -0.2) is 0 Å². The fourth-order valence-electron chi connectivity index (χ4n) is 1.36. The van der Waals surface area contributed by atoms with Crippen LogP contribution in [-0.4, -0.2) is 18.8 Å². The van der Waals surface area contributed by atoms with E-state index in [1.54, 1.807) is 7.11 Å². The highest BCUT2D eigenvalue weighted by Crippen LogP contribution is 2.24. The Morgan fingerprint density at radius 3 is 2.36 bits per heavy atom. The van der Waals surface area contributed by atoms with Gasteiger partial charge in [0.25, 0.3) is 0 Å². The highest BCUT2D eigenvalue weighted by atomic mass is 16.5. The lowest BCUT2D eigenvalue weighted by Crippen LogP contribution is -2.22. The summed E-state index contributed by atoms with van der Waals surface area (Å²) in [4.78, 5) is 0. The number of ether oxygens (including phenoxy) is 1. The van der Waals surface area contributed by atoms with Crippen molar-refractivity contribution in [2.24, 2.45) is 0 Å². The van der Waals surface area contributed by atoms with E-state index < -0.39 is 5.60 Å². The molecule has 1 rings (SSSR count). The number of hydrogen-bond acceptors (Lipinski definition) is 2. The molecule has 0 fully saturated rings. The number of methoxy groups -OCH3 is 1. The smallest absolute Gasteiger partial charge is 0.0890 e. The van der Waals surface area contributed by atoms with Crippen LogP contribution < -0.4 is 0 Å². The summed E-state index contributed by atoms with van der Waals surface area (Å²) in [7, 11) is 1.64. The lowest BCUT2D eigenvalue weighted by Gasteiger charge is -2.23. The van der Waals surface area contributed by atoms with Crippen LogP contribution in [0.4, 0.5) is 0 Å². The zero-order valence-corrected chi connectivity index (χ0v) is 9.08. The van der Waals surface area contributed by atoms with Crippen LogP contribution in [0.5, 0.6) is 0 Å². The second-order valence-electron chi connectivity index (χ2n) is 3.88. The Hall–Kier alpha value is -0.860. The van der Waals surface area contributed by atoms with Gasteiger partial charge in [0.15, 0.2) is 0 Å². The fraction of sp³-hybridized carbons (Fsp3) is 0.500. The van der Waals surface area contributed by atoms with Crippen LogP contribution >= 0.6 is 0 Å². The highest BCUT2D eigenvalue weighted by Gasteiger charge is 2.21. The Labute approximate surface area is 85.5 Å². The number of hydrogen-bond donors (Lipinski definition) is 1. The van der Waals surface area contributed by atoms with Crippen LogP contribution in [0.3, 0.4) is 0 Å². The maximum Gasteiger partial charge on any atom is 0.0890 e. The monoisotopic (exact) mass is 194 g/mol. The van der Waals surface area contributed by atoms with Crippen molar-refractivity contribution in [3.63, 3.8) is 0 Å². The van der Waals surface area contributed by atoms with Gasteiger partial charge in [-0.15, -0.1) is 0 Å². The summed E-state index contributed by atoms with van der Waals surface area (Å²) in [6.07, 6.45) is 0.618. The molecule has 0 spiro atoms. The summed E-state index contributed by atoms with van der Waals surface area (Å²) in [6.45, 7) is 4.42. The molecule has 1 unspecified atom stereocenters. The van der Waals surface area contributed by atoms with Crippen molar-refractivity contribution in [3.8, 4) is 0 Å². The van der Waals surface area contributed by atoms with Gasteiger partial charge in [0, 0.05) is 20.1 Å². The van der Waals surface area contributed by atoms with Crippen molar-refractivity contribution < 1.29 is 9.84 Å². The van der Waals surface area contributed by atoms with Gasteiger partial charge in [-0.2, -0.15) is 0 Å². The Morgan fingerprint density at radius 1 is 1.29 bits per heavy atom. The van der Waals surface area contributed by atoms with Gasteiger partial charge >= 0.3 is 0 Å². The van der Waals surface area contributed by atoms with Gasteiger partial charge in [-0.05, 0) is 19.4 Å². The highest BCUT2D eigenvalue weighted by molar-refractivity contribution is 5.25. The van der Waals surface area contributed by atoms with E-state index in [9.17, 15) is 5.11 Å². The SMILES string of the molecule is COCCC(C)(O)c1ccc(C)cc1. The predicted octanol–water partition coefficient (Wildman–Crippen LogP) is 2.24. The topological polar surface area (TPSA) is 29.5 Å². The number of rotatable bonds is 4. The molecule has 0 amide bonds. The third kappa shape index (κ3) is 2.82. The summed E-state index contributed by atoms with van der Waals surface area (Å²) < 4.78 is 4.96. The van der Waals surface area contributed by atoms with Crippen LogP contribution in [-0.2, 0) is 10.3 Å². The first-order chi connectivity index (χ1) is 6.56. The van der Waals surface area contributed by atoms with Gasteiger partial charge < -0.3 is 9.84 Å². The molecule has 1 aromatic rings. The largest absolute Gasteiger partial charge is 0.385 e. The van der Waals surface area contributed by atoms with Crippen molar-refractivity contribution in [1.82, 2.24) is 0 Å². The molecule has 0 saturated carbocycles. The minimum atomic E-state index is -0.788. The van der Waals surface area contributed by atoms with E-state index in [1.165, 1.54) is 5.56 Å². The Morgan fingerprint density at radius 2 is 1.86 bits per heavy atom. The fourth-order valence-corrected chi connectivity index (χ4v) is 1.36. The van der Waals surface area contributed by atoms with Gasteiger partial charge in [0.05, 0.1) is 5.60 Å². The molecule has 14 heavy (non-hydrogen) atoms. The summed E-state index contributed by atoms with van der Waals surface area (Å²) in [5.74, 6) is 0. The first-order valence-electron chi connectivity index (χ1n) is 4.85. The van der Waals surface area contributed by atoms with Crippen LogP contribution in [0, 0.1) is 6.92 Å². The van der Waals surface area contributed by atoms with Crippen LogP contribution in [0.1, 0.15) is 24.5 Å². The van der Waals surface area contributed by atoms with Crippen molar-refractivity contribution in [2.45, 2.75) is 25.9 Å². The standard InChI is InChI=1S/C12H18O2/c1-10-4-6-11(7-5-10)12(2,13)8-9-14-3/h4-7,13H,8-9H2,1-3H3. The quantitative estimate of drug-likeness (QED) is 0.796. The maximum absolute atomic E-state index is 10.1. The minimum absolute atomic E-state index is 0.570. The number of aryl methyl sites for hydroxylation is 1. The zero-order chi connectivity index (χ0) is 10.6. The van der Waals surface area contributed by atoms with Gasteiger partial charge in [0.1, 0.15) is 0 Å². The average molecular weight is 194 g/mol. The Balaban J connectivity index is 2.75. The molecule has 1 N–H and O–H groups in total. The molecular weight excluding hydrogens is 176 g/mol. The second-order valence-corrected chi connectivity index (χ2v) is 3.88. The zero-order valence-electron chi connectivity index (χ0n) is 9.08. The van der Waals surface area contributed by atoms with Crippen LogP contribution in [0.2, 0.25) is 0 Å². The van der Waals surface area contributed by atoms with E-state index in [4.69, 9.17) is 4.74 Å². The molecule has 0 aliphatic carbocycles. The third-order valence-electron chi connectivity index (χ3n) is 2.47. The number of benzene rings is 1. The first kappa shape index (κ1) is 11.2. The minimum Gasteiger partial charge on any atom is -0.385 e. The van der Waals surface area contributed by atoms with E-state index in [2.05, 4.69) is 0 Å². The third-order valence-corrected chi connectivity index (χ3v) is 2.47. The summed E-state index contributed by atoms with van der Waals surface area (Å²) >= 11 is 0. The lowest BCUT2D eigenvalue weighted by molar-refractivity contribution is 0.0210. The van der Waals surface area contributed by atoms with Crippen molar-refractivity contribution >= 4 is 0 Å². The second kappa shape index (κ2) is 4.58. The van der Waals surface area contributed by atoms with Gasteiger partial charge in [0.2, 0.25) is 0 Å². The van der Waals surface area contributed by atoms with Crippen molar-refractivity contribution in [2.75, 3.05) is 13.7 Å². The number of aliphatic hydroxyl groups is 1. The van der Waals surface area contributed by atoms with E-state index in [0.29, 0.717) is 13.0 Å². The Bertz CT molecular complexity index is 275.